The predicted octanol–water partition coefficient (Wildman–Crippen LogP) is 2.32. The first-order chi connectivity index (χ1) is 11.6. The second-order valence-corrected chi connectivity index (χ2v) is 6.73. The number of hydrogen-bond donors (Lipinski definition) is 2. The lowest BCUT2D eigenvalue weighted by atomic mass is 9.95. The molecule has 25 heavy (non-hydrogen) atoms. The summed E-state index contributed by atoms with van der Waals surface area (Å²) in [5.74, 6) is -0.730. The number of rotatable bonds is 3. The molecule has 0 aliphatic rings. The van der Waals surface area contributed by atoms with Crippen molar-refractivity contribution in [2.75, 3.05) is 0 Å². The summed E-state index contributed by atoms with van der Waals surface area (Å²) in [5.41, 5.74) is -0.254. The molecule has 1 heterocycles. The second-order valence-electron chi connectivity index (χ2n) is 6.73. The normalized spacial score (nSPS) is 11.0. The van der Waals surface area contributed by atoms with E-state index in [9.17, 15) is 14.0 Å². The number of benzene rings is 1. The zero-order chi connectivity index (χ0) is 18.8. The van der Waals surface area contributed by atoms with Crippen LogP contribution in [0.4, 0.5) is 4.39 Å². The average Bonchev–Trinajstić information content (AvgIpc) is 2.52. The number of aryl methyl sites for hydroxylation is 1. The molecule has 0 saturated carbocycles. The molecule has 130 valence electrons. The number of halogens is 1. The molecule has 2 N–H and O–H groups in total. The molecule has 6 nitrogen and oxygen atoms in total. The van der Waals surface area contributed by atoms with Gasteiger partial charge in [-0.1, -0.05) is 26.8 Å². The highest BCUT2D eigenvalue weighted by Gasteiger charge is 2.22. The van der Waals surface area contributed by atoms with Crippen molar-refractivity contribution >= 4 is 5.91 Å². The van der Waals surface area contributed by atoms with Gasteiger partial charge in [-0.3, -0.25) is 9.59 Å². The maximum absolute atomic E-state index is 13.9. The van der Waals surface area contributed by atoms with E-state index in [-0.39, 0.29) is 28.7 Å². The molecule has 0 bridgehead atoms. The summed E-state index contributed by atoms with van der Waals surface area (Å²) in [5, 5.41) is 11.2. The number of hydrogen-bond acceptors (Lipinski definition) is 4. The Bertz CT molecular complexity index is 920. The topological polar surface area (TPSA) is 98.6 Å². The largest absolute Gasteiger partial charge is 0.348 e. The Morgan fingerprint density at radius 2 is 2.08 bits per heavy atom. The van der Waals surface area contributed by atoms with Crippen LogP contribution in [0.2, 0.25) is 0 Å². The summed E-state index contributed by atoms with van der Waals surface area (Å²) in [4.78, 5) is 31.5. The van der Waals surface area contributed by atoms with Gasteiger partial charge in [0.1, 0.15) is 17.2 Å². The van der Waals surface area contributed by atoms with E-state index in [0.29, 0.717) is 11.5 Å². The van der Waals surface area contributed by atoms with Gasteiger partial charge in [0.05, 0.1) is 17.3 Å². The van der Waals surface area contributed by atoms with Crippen LogP contribution in [0.15, 0.2) is 23.0 Å². The van der Waals surface area contributed by atoms with Crippen molar-refractivity contribution in [3.63, 3.8) is 0 Å². The maximum atomic E-state index is 13.9. The number of H-pyrrole nitrogens is 1. The Hall–Kier alpha value is -3.01. The highest BCUT2D eigenvalue weighted by molar-refractivity contribution is 5.94. The third-order valence-electron chi connectivity index (χ3n) is 3.66. The highest BCUT2D eigenvalue weighted by atomic mass is 19.1. The number of aromatic nitrogens is 2. The van der Waals surface area contributed by atoms with E-state index in [1.165, 1.54) is 12.1 Å². The van der Waals surface area contributed by atoms with Crippen LogP contribution in [0, 0.1) is 24.1 Å². The number of aromatic amines is 1. The smallest absolute Gasteiger partial charge is 0.264 e. The van der Waals surface area contributed by atoms with Gasteiger partial charge in [-0.05, 0) is 19.1 Å². The van der Waals surface area contributed by atoms with Crippen molar-refractivity contribution in [3.05, 3.63) is 62.6 Å². The minimum absolute atomic E-state index is 0.0953. The van der Waals surface area contributed by atoms with Gasteiger partial charge in [-0.2, -0.15) is 5.26 Å². The van der Waals surface area contributed by atoms with E-state index in [1.807, 2.05) is 26.8 Å². The van der Waals surface area contributed by atoms with Crippen LogP contribution in [-0.4, -0.2) is 15.9 Å². The van der Waals surface area contributed by atoms with Crippen molar-refractivity contribution in [3.8, 4) is 6.07 Å². The van der Waals surface area contributed by atoms with Crippen LogP contribution < -0.4 is 10.9 Å². The van der Waals surface area contributed by atoms with Gasteiger partial charge in [-0.15, -0.1) is 0 Å². The summed E-state index contributed by atoms with van der Waals surface area (Å²) < 4.78 is 13.9. The van der Waals surface area contributed by atoms with Crippen molar-refractivity contribution in [2.24, 2.45) is 0 Å². The standard InChI is InChI=1S/C18H19FN4O2/c1-10-14(16(25)23-17(22-10)18(2,3)4)15(24)21-9-12-6-5-11(8-20)7-13(12)19/h5-7H,9H2,1-4H3,(H,21,24)(H,22,23,25). The Morgan fingerprint density at radius 1 is 1.40 bits per heavy atom. The van der Waals surface area contributed by atoms with Crippen LogP contribution in [0.25, 0.3) is 0 Å². The fourth-order valence-electron chi connectivity index (χ4n) is 2.23. The quantitative estimate of drug-likeness (QED) is 0.894. The van der Waals surface area contributed by atoms with E-state index in [0.717, 1.165) is 6.07 Å². The Kier molecular flexibility index (Phi) is 5.02. The first-order valence-corrected chi connectivity index (χ1v) is 7.71. The minimum Gasteiger partial charge on any atom is -0.348 e. The summed E-state index contributed by atoms with van der Waals surface area (Å²) in [6.07, 6.45) is 0. The molecule has 7 heteroatoms. The van der Waals surface area contributed by atoms with Gasteiger partial charge in [0.15, 0.2) is 0 Å². The Morgan fingerprint density at radius 3 is 2.60 bits per heavy atom. The van der Waals surface area contributed by atoms with E-state index >= 15 is 0 Å². The third-order valence-corrected chi connectivity index (χ3v) is 3.66. The SMILES string of the molecule is Cc1nc(C(C)(C)C)[nH]c(=O)c1C(=O)NCc1ccc(C#N)cc1F. The summed E-state index contributed by atoms with van der Waals surface area (Å²) in [6.45, 7) is 7.19. The lowest BCUT2D eigenvalue weighted by molar-refractivity contribution is 0.0947. The van der Waals surface area contributed by atoms with Crippen LogP contribution in [0.3, 0.4) is 0 Å². The number of amides is 1. The molecule has 0 fully saturated rings. The zero-order valence-corrected chi connectivity index (χ0v) is 14.5. The lowest BCUT2D eigenvalue weighted by Gasteiger charge is -2.18. The van der Waals surface area contributed by atoms with Gasteiger partial charge >= 0.3 is 0 Å². The molecule has 2 rings (SSSR count). The first kappa shape index (κ1) is 18.3. The maximum Gasteiger partial charge on any atom is 0.264 e. The van der Waals surface area contributed by atoms with Crippen molar-refractivity contribution in [1.82, 2.24) is 15.3 Å². The number of carbonyl (C=O) groups is 1. The van der Waals surface area contributed by atoms with E-state index in [4.69, 9.17) is 5.26 Å². The number of nitrogens with one attached hydrogen (secondary N) is 2. The molecular weight excluding hydrogens is 323 g/mol. The molecule has 0 aliphatic carbocycles. The van der Waals surface area contributed by atoms with Crippen LogP contribution in [-0.2, 0) is 12.0 Å². The van der Waals surface area contributed by atoms with Gasteiger partial charge in [-0.25, -0.2) is 9.37 Å². The molecule has 0 spiro atoms. The van der Waals surface area contributed by atoms with Gasteiger partial charge < -0.3 is 10.3 Å². The Labute approximate surface area is 144 Å². The van der Waals surface area contributed by atoms with E-state index in [2.05, 4.69) is 15.3 Å². The number of carbonyl (C=O) groups excluding carboxylic acids is 1. The van der Waals surface area contributed by atoms with Crippen LogP contribution >= 0.6 is 0 Å². The summed E-state index contributed by atoms with van der Waals surface area (Å²) >= 11 is 0. The Balaban J connectivity index is 2.22. The molecule has 2 aromatic rings. The molecule has 0 unspecified atom stereocenters. The lowest BCUT2D eigenvalue weighted by Crippen LogP contribution is -2.33. The highest BCUT2D eigenvalue weighted by Crippen LogP contribution is 2.17. The monoisotopic (exact) mass is 342 g/mol. The van der Waals surface area contributed by atoms with E-state index in [1.54, 1.807) is 6.92 Å². The number of nitriles is 1. The number of nitrogens with zero attached hydrogens (tertiary/aromatic N) is 2. The molecule has 1 aromatic carbocycles. The van der Waals surface area contributed by atoms with Gasteiger partial charge in [0, 0.05) is 17.5 Å². The molecule has 0 saturated heterocycles. The fraction of sp³-hybridized carbons (Fsp3) is 0.333. The minimum atomic E-state index is -0.629. The van der Waals surface area contributed by atoms with E-state index < -0.39 is 17.3 Å². The van der Waals surface area contributed by atoms with Crippen molar-refractivity contribution in [2.45, 2.75) is 39.7 Å². The molecule has 1 aromatic heterocycles. The molecule has 0 radical (unpaired) electrons. The van der Waals surface area contributed by atoms with Crippen molar-refractivity contribution in [1.29, 1.82) is 5.26 Å². The first-order valence-electron chi connectivity index (χ1n) is 7.71. The molecule has 0 atom stereocenters. The summed E-state index contributed by atoms with van der Waals surface area (Å²) in [7, 11) is 0. The van der Waals surface area contributed by atoms with Crippen LogP contribution in [0.1, 0.15) is 53.8 Å². The van der Waals surface area contributed by atoms with Crippen LogP contribution in [0.5, 0.6) is 0 Å². The average molecular weight is 342 g/mol. The predicted molar refractivity (Wildman–Crippen MR) is 90.6 cm³/mol. The summed E-state index contributed by atoms with van der Waals surface area (Å²) in [6, 6.07) is 5.82. The third kappa shape index (κ3) is 4.10. The molecule has 0 aliphatic heterocycles. The molecule has 1 amide bonds. The van der Waals surface area contributed by atoms with Gasteiger partial charge in [0.2, 0.25) is 0 Å². The zero-order valence-electron chi connectivity index (χ0n) is 14.5. The van der Waals surface area contributed by atoms with Crippen molar-refractivity contribution < 1.29 is 9.18 Å². The second kappa shape index (κ2) is 6.85. The van der Waals surface area contributed by atoms with Gasteiger partial charge in [0.25, 0.3) is 11.5 Å². The fourth-order valence-corrected chi connectivity index (χ4v) is 2.23. The molecular formula is C18H19FN4O2.